The molecule has 10 nitrogen and oxygen atoms in total. The SMILES string of the molecule is O=C(NCc1cc2nc(N3CCOc4nc(C(F)F)ccc43)ccc2cn1)c1ccc2c(c1)S(=O)(=O)CCOC2. The van der Waals surface area contributed by atoms with Gasteiger partial charge in [0.2, 0.25) is 5.88 Å². The first kappa shape index (κ1) is 26.0. The van der Waals surface area contributed by atoms with Crippen molar-refractivity contribution in [1.82, 2.24) is 20.3 Å². The fraction of sp³-hybridized carbons (Fsp3) is 0.259. The topological polar surface area (TPSA) is 124 Å². The predicted octanol–water partition coefficient (Wildman–Crippen LogP) is 3.73. The number of sulfone groups is 1. The molecule has 0 saturated carbocycles. The van der Waals surface area contributed by atoms with Crippen molar-refractivity contribution in [3.8, 4) is 5.88 Å². The van der Waals surface area contributed by atoms with Crippen molar-refractivity contribution >= 4 is 38.2 Å². The molecular weight excluding hydrogens is 544 g/mol. The molecule has 0 aliphatic carbocycles. The van der Waals surface area contributed by atoms with Crippen LogP contribution in [0.3, 0.4) is 0 Å². The van der Waals surface area contributed by atoms with Gasteiger partial charge in [0.25, 0.3) is 12.3 Å². The van der Waals surface area contributed by atoms with Crippen LogP contribution in [-0.2, 0) is 27.7 Å². The van der Waals surface area contributed by atoms with Crippen LogP contribution in [0.1, 0.15) is 33.7 Å². The highest BCUT2D eigenvalue weighted by Gasteiger charge is 2.25. The number of hydrogen-bond donors (Lipinski definition) is 1. The number of aromatic nitrogens is 3. The zero-order valence-corrected chi connectivity index (χ0v) is 21.8. The number of carbonyl (C=O) groups is 1. The van der Waals surface area contributed by atoms with Crippen molar-refractivity contribution in [1.29, 1.82) is 0 Å². The maximum Gasteiger partial charge on any atom is 0.280 e. The van der Waals surface area contributed by atoms with Gasteiger partial charge in [0.05, 0.1) is 48.2 Å². The third-order valence-electron chi connectivity index (χ3n) is 6.67. The molecule has 3 aromatic heterocycles. The highest BCUT2D eigenvalue weighted by molar-refractivity contribution is 7.91. The summed E-state index contributed by atoms with van der Waals surface area (Å²) in [5, 5.41) is 3.56. The number of nitrogens with zero attached hydrogens (tertiary/aromatic N) is 4. The molecule has 2 aliphatic heterocycles. The van der Waals surface area contributed by atoms with E-state index in [2.05, 4.69) is 15.3 Å². The highest BCUT2D eigenvalue weighted by Crippen LogP contribution is 2.36. The molecule has 0 atom stereocenters. The van der Waals surface area contributed by atoms with Crippen molar-refractivity contribution in [2.45, 2.75) is 24.5 Å². The summed E-state index contributed by atoms with van der Waals surface area (Å²) in [6.07, 6.45) is -1.05. The van der Waals surface area contributed by atoms with E-state index in [-0.39, 0.29) is 54.2 Å². The second-order valence-electron chi connectivity index (χ2n) is 9.28. The summed E-state index contributed by atoms with van der Waals surface area (Å²) in [7, 11) is -3.54. The normalized spacial score (nSPS) is 16.1. The first-order chi connectivity index (χ1) is 19.3. The minimum Gasteiger partial charge on any atom is -0.474 e. The molecule has 0 unspecified atom stereocenters. The number of ether oxygens (including phenoxy) is 2. The second kappa shape index (κ2) is 10.4. The maximum absolute atomic E-state index is 13.1. The average Bonchev–Trinajstić information content (AvgIpc) is 3.11. The van der Waals surface area contributed by atoms with Crippen LogP contribution in [0.2, 0.25) is 0 Å². The van der Waals surface area contributed by atoms with Gasteiger partial charge >= 0.3 is 0 Å². The molecule has 1 N–H and O–H groups in total. The number of benzene rings is 1. The molecule has 13 heteroatoms. The molecule has 0 saturated heterocycles. The van der Waals surface area contributed by atoms with Crippen molar-refractivity contribution in [2.75, 3.05) is 30.4 Å². The van der Waals surface area contributed by atoms with E-state index in [1.165, 1.54) is 12.1 Å². The predicted molar refractivity (Wildman–Crippen MR) is 141 cm³/mol. The molecule has 5 heterocycles. The highest BCUT2D eigenvalue weighted by atomic mass is 32.2. The van der Waals surface area contributed by atoms with E-state index in [0.717, 1.165) is 5.39 Å². The number of pyridine rings is 3. The molecule has 6 rings (SSSR count). The number of anilines is 2. The zero-order valence-electron chi connectivity index (χ0n) is 21.0. The molecule has 206 valence electrons. The van der Waals surface area contributed by atoms with Crippen LogP contribution in [0.5, 0.6) is 5.88 Å². The van der Waals surface area contributed by atoms with E-state index in [0.29, 0.717) is 34.8 Å². The van der Waals surface area contributed by atoms with Crippen LogP contribution in [-0.4, -0.2) is 54.8 Å². The fourth-order valence-corrected chi connectivity index (χ4v) is 6.00. The Morgan fingerprint density at radius 3 is 2.80 bits per heavy atom. The third-order valence-corrected chi connectivity index (χ3v) is 8.42. The lowest BCUT2D eigenvalue weighted by Crippen LogP contribution is -2.30. The van der Waals surface area contributed by atoms with Crippen molar-refractivity contribution in [2.24, 2.45) is 0 Å². The number of alkyl halides is 2. The molecule has 2 aliphatic rings. The Hall–Kier alpha value is -4.23. The average molecular weight is 568 g/mol. The largest absolute Gasteiger partial charge is 0.474 e. The molecule has 1 amide bonds. The zero-order chi connectivity index (χ0) is 27.9. The minimum atomic E-state index is -3.54. The van der Waals surface area contributed by atoms with Gasteiger partial charge < -0.3 is 19.7 Å². The maximum atomic E-state index is 13.1. The molecule has 0 fully saturated rings. The van der Waals surface area contributed by atoms with Crippen LogP contribution < -0.4 is 15.0 Å². The standard InChI is InChI=1S/C27H23F2N5O5S/c28-25(29)20-4-5-22-27(33-20)39-8-7-34(22)24-6-3-17-13-30-19(12-21(17)32-24)14-31-26(35)16-1-2-18-15-38-9-10-40(36,37)23(18)11-16/h1-6,11-13,25H,7-10,14-15H2,(H,31,35). The van der Waals surface area contributed by atoms with Crippen LogP contribution in [0.4, 0.5) is 20.3 Å². The molecule has 40 heavy (non-hydrogen) atoms. The Kier molecular flexibility index (Phi) is 6.76. The fourth-order valence-electron chi connectivity index (χ4n) is 4.60. The number of carbonyl (C=O) groups excluding carboxylic acids is 1. The van der Waals surface area contributed by atoms with E-state index in [1.807, 2.05) is 11.0 Å². The molecule has 1 aromatic carbocycles. The first-order valence-electron chi connectivity index (χ1n) is 12.5. The third kappa shape index (κ3) is 5.05. The summed E-state index contributed by atoms with van der Waals surface area (Å²) in [4.78, 5) is 27.9. The van der Waals surface area contributed by atoms with Gasteiger partial charge in [-0.05, 0) is 48.0 Å². The summed E-state index contributed by atoms with van der Waals surface area (Å²) >= 11 is 0. The van der Waals surface area contributed by atoms with E-state index in [4.69, 9.17) is 14.5 Å². The lowest BCUT2D eigenvalue weighted by atomic mass is 10.1. The lowest BCUT2D eigenvalue weighted by Gasteiger charge is -2.29. The smallest absolute Gasteiger partial charge is 0.280 e. The van der Waals surface area contributed by atoms with Gasteiger partial charge in [-0.3, -0.25) is 9.78 Å². The Morgan fingerprint density at radius 2 is 1.95 bits per heavy atom. The monoisotopic (exact) mass is 567 g/mol. The van der Waals surface area contributed by atoms with Crippen molar-refractivity contribution in [3.05, 3.63) is 77.2 Å². The number of nitrogens with one attached hydrogen (secondary N) is 1. The summed E-state index contributed by atoms with van der Waals surface area (Å²) in [6, 6.07) is 12.8. The van der Waals surface area contributed by atoms with Gasteiger partial charge in [-0.25, -0.2) is 27.2 Å². The summed E-state index contributed by atoms with van der Waals surface area (Å²) < 4.78 is 62.1. The summed E-state index contributed by atoms with van der Waals surface area (Å²) in [5.41, 5.74) is 2.11. The Morgan fingerprint density at radius 1 is 1.07 bits per heavy atom. The number of hydrogen-bond acceptors (Lipinski definition) is 9. The van der Waals surface area contributed by atoms with Gasteiger partial charge in [0.15, 0.2) is 9.84 Å². The molecule has 0 spiro atoms. The van der Waals surface area contributed by atoms with Gasteiger partial charge in [0.1, 0.15) is 23.8 Å². The number of fused-ring (bicyclic) bond motifs is 3. The quantitative estimate of drug-likeness (QED) is 0.384. The van der Waals surface area contributed by atoms with E-state index < -0.39 is 22.2 Å². The number of rotatable bonds is 5. The lowest BCUT2D eigenvalue weighted by molar-refractivity contribution is 0.0950. The van der Waals surface area contributed by atoms with E-state index in [9.17, 15) is 22.0 Å². The van der Waals surface area contributed by atoms with Gasteiger partial charge in [-0.2, -0.15) is 0 Å². The second-order valence-corrected chi connectivity index (χ2v) is 11.4. The molecule has 0 radical (unpaired) electrons. The van der Waals surface area contributed by atoms with Gasteiger partial charge in [-0.1, -0.05) is 6.07 Å². The Bertz CT molecular complexity index is 1730. The number of amides is 1. The summed E-state index contributed by atoms with van der Waals surface area (Å²) in [6.45, 7) is 1.09. The Labute approximate surface area is 227 Å². The Balaban J connectivity index is 1.21. The van der Waals surface area contributed by atoms with Crippen LogP contribution in [0, 0.1) is 0 Å². The van der Waals surface area contributed by atoms with E-state index in [1.54, 1.807) is 36.5 Å². The molecule has 0 bridgehead atoms. The molecule has 4 aromatic rings. The number of halogens is 2. The van der Waals surface area contributed by atoms with Gasteiger partial charge in [0, 0.05) is 17.1 Å². The van der Waals surface area contributed by atoms with Crippen molar-refractivity contribution in [3.63, 3.8) is 0 Å². The van der Waals surface area contributed by atoms with Crippen LogP contribution in [0.15, 0.2) is 59.6 Å². The van der Waals surface area contributed by atoms with E-state index >= 15 is 0 Å². The van der Waals surface area contributed by atoms with Crippen LogP contribution in [0.25, 0.3) is 10.9 Å². The van der Waals surface area contributed by atoms with Crippen molar-refractivity contribution < 1.29 is 31.5 Å². The first-order valence-corrected chi connectivity index (χ1v) is 14.1. The summed E-state index contributed by atoms with van der Waals surface area (Å²) in [5.74, 6) is 0.138. The van der Waals surface area contributed by atoms with Gasteiger partial charge in [-0.15, -0.1) is 0 Å². The molecular formula is C27H23F2N5O5S. The minimum absolute atomic E-state index is 0.0916. The van der Waals surface area contributed by atoms with Crippen LogP contribution >= 0.6 is 0 Å².